The normalized spacial score (nSPS) is 15.7. The molecule has 2 N–H and O–H groups in total. The summed E-state index contributed by atoms with van der Waals surface area (Å²) in [7, 11) is 1.89. The maximum Gasteiger partial charge on any atom is 0.237 e. The minimum atomic E-state index is -0.203. The number of anilines is 1. The van der Waals surface area contributed by atoms with Crippen LogP contribution in [0.25, 0.3) is 11.1 Å². The molecule has 140 valence electrons. The van der Waals surface area contributed by atoms with Gasteiger partial charge in [0.25, 0.3) is 0 Å². The van der Waals surface area contributed by atoms with Crippen molar-refractivity contribution < 1.29 is 9.13 Å². The first-order valence-corrected chi connectivity index (χ1v) is 9.02. The van der Waals surface area contributed by atoms with Crippen LogP contribution in [0.2, 0.25) is 0 Å². The number of nitrogens with zero attached hydrogens (tertiary/aromatic N) is 3. The predicted octanol–water partition coefficient (Wildman–Crippen LogP) is 2.63. The highest BCUT2D eigenvalue weighted by molar-refractivity contribution is 5.69. The highest BCUT2D eigenvalue weighted by Gasteiger charge is 2.20. The Kier molecular flexibility index (Phi) is 5.02. The van der Waals surface area contributed by atoms with Gasteiger partial charge < -0.3 is 15.4 Å². The maximum atomic E-state index is 12.9. The number of rotatable bonds is 6. The zero-order valence-electron chi connectivity index (χ0n) is 15.2. The lowest BCUT2D eigenvalue weighted by molar-refractivity contribution is 0.194. The lowest BCUT2D eigenvalue weighted by atomic mass is 10.1. The Labute approximate surface area is 157 Å². The van der Waals surface area contributed by atoms with E-state index in [0.717, 1.165) is 41.9 Å². The number of nitrogens with one attached hydrogen (secondary N) is 2. The number of hydrogen-bond acceptors (Lipinski definition) is 5. The van der Waals surface area contributed by atoms with Gasteiger partial charge in [-0.2, -0.15) is 5.10 Å². The van der Waals surface area contributed by atoms with Crippen LogP contribution in [0.1, 0.15) is 5.56 Å². The molecule has 0 bridgehead atoms. The average Bonchev–Trinajstić information content (AvgIpc) is 3.12. The second-order valence-corrected chi connectivity index (χ2v) is 6.68. The summed E-state index contributed by atoms with van der Waals surface area (Å²) in [6.07, 6.45) is 6.45. The summed E-state index contributed by atoms with van der Waals surface area (Å²) in [6.45, 7) is 2.25. The maximum absolute atomic E-state index is 12.9. The van der Waals surface area contributed by atoms with Crippen molar-refractivity contribution >= 4 is 5.69 Å². The van der Waals surface area contributed by atoms with Gasteiger partial charge in [0.2, 0.25) is 5.88 Å². The van der Waals surface area contributed by atoms with E-state index in [1.165, 1.54) is 12.1 Å². The number of fused-ring (bicyclic) bond motifs is 1. The largest absolute Gasteiger partial charge is 0.470 e. The van der Waals surface area contributed by atoms with Crippen LogP contribution in [0, 0.1) is 5.82 Å². The van der Waals surface area contributed by atoms with Crippen LogP contribution in [0.3, 0.4) is 0 Å². The molecular formula is C20H22FN5O. The van der Waals surface area contributed by atoms with Gasteiger partial charge >= 0.3 is 0 Å². The molecule has 27 heavy (non-hydrogen) atoms. The van der Waals surface area contributed by atoms with E-state index in [-0.39, 0.29) is 11.9 Å². The van der Waals surface area contributed by atoms with Crippen LogP contribution in [0.15, 0.2) is 48.9 Å². The van der Waals surface area contributed by atoms with E-state index in [1.807, 2.05) is 43.8 Å². The summed E-state index contributed by atoms with van der Waals surface area (Å²) >= 11 is 0. The van der Waals surface area contributed by atoms with Gasteiger partial charge in [-0.3, -0.25) is 4.68 Å². The number of ether oxygens (including phenoxy) is 1. The Morgan fingerprint density at radius 3 is 2.89 bits per heavy atom. The third-order valence-corrected chi connectivity index (χ3v) is 4.56. The molecule has 4 rings (SSSR count). The van der Waals surface area contributed by atoms with Crippen molar-refractivity contribution in [3.05, 3.63) is 60.3 Å². The number of aromatic nitrogens is 3. The minimum Gasteiger partial charge on any atom is -0.470 e. The van der Waals surface area contributed by atoms with Gasteiger partial charge in [0.05, 0.1) is 18.4 Å². The fourth-order valence-electron chi connectivity index (χ4n) is 3.08. The fraction of sp³-hybridized carbons (Fsp3) is 0.300. The Hall–Kier alpha value is -2.93. The molecule has 1 aromatic carbocycles. The smallest absolute Gasteiger partial charge is 0.237 e. The highest BCUT2D eigenvalue weighted by Crippen LogP contribution is 2.30. The van der Waals surface area contributed by atoms with Gasteiger partial charge in [-0.1, -0.05) is 12.1 Å². The molecule has 1 aliphatic heterocycles. The number of benzene rings is 1. The molecule has 1 aliphatic rings. The Morgan fingerprint density at radius 1 is 1.26 bits per heavy atom. The van der Waals surface area contributed by atoms with Crippen LogP contribution in [0.5, 0.6) is 5.88 Å². The molecule has 0 aliphatic carbocycles. The van der Waals surface area contributed by atoms with E-state index in [9.17, 15) is 4.39 Å². The van der Waals surface area contributed by atoms with E-state index in [0.29, 0.717) is 12.4 Å². The standard InChI is InChI=1S/C20H22FN5O/c1-26-13-16(10-25-26)15-8-19-20(24-9-15)27-18(12-23-19)11-22-7-6-14-2-4-17(21)5-3-14/h2-5,8-10,13,18,22-23H,6-7,11-12H2,1H3. The zero-order valence-corrected chi connectivity index (χ0v) is 15.2. The number of hydrogen-bond donors (Lipinski definition) is 2. The summed E-state index contributed by atoms with van der Waals surface area (Å²) in [5.41, 5.74) is 4.05. The summed E-state index contributed by atoms with van der Waals surface area (Å²) in [6, 6.07) is 8.65. The fourth-order valence-corrected chi connectivity index (χ4v) is 3.08. The van der Waals surface area contributed by atoms with Crippen molar-refractivity contribution in [1.82, 2.24) is 20.1 Å². The summed E-state index contributed by atoms with van der Waals surface area (Å²) in [5.74, 6) is 0.422. The minimum absolute atomic E-state index is 0.0162. The second kappa shape index (κ2) is 7.75. The Bertz CT molecular complexity index is 909. The van der Waals surface area contributed by atoms with Crippen LogP contribution >= 0.6 is 0 Å². The molecule has 0 amide bonds. The highest BCUT2D eigenvalue weighted by atomic mass is 19.1. The van der Waals surface area contributed by atoms with Crippen molar-refractivity contribution in [2.45, 2.75) is 12.5 Å². The first-order valence-electron chi connectivity index (χ1n) is 9.02. The third-order valence-electron chi connectivity index (χ3n) is 4.56. The number of aryl methyl sites for hydroxylation is 1. The van der Waals surface area contributed by atoms with Crippen molar-refractivity contribution in [2.24, 2.45) is 7.05 Å². The molecule has 2 aromatic heterocycles. The molecular weight excluding hydrogens is 345 g/mol. The third kappa shape index (κ3) is 4.25. The lowest BCUT2D eigenvalue weighted by Gasteiger charge is -2.27. The zero-order chi connectivity index (χ0) is 18.6. The van der Waals surface area contributed by atoms with Crippen molar-refractivity contribution in [1.29, 1.82) is 0 Å². The van der Waals surface area contributed by atoms with Gasteiger partial charge in [-0.15, -0.1) is 0 Å². The van der Waals surface area contributed by atoms with E-state index in [2.05, 4.69) is 20.7 Å². The molecule has 6 nitrogen and oxygen atoms in total. The first-order chi connectivity index (χ1) is 13.2. The molecule has 0 saturated heterocycles. The van der Waals surface area contributed by atoms with Gasteiger partial charge in [0, 0.05) is 37.1 Å². The summed E-state index contributed by atoms with van der Waals surface area (Å²) in [5, 5.41) is 11.0. The summed E-state index contributed by atoms with van der Waals surface area (Å²) < 4.78 is 20.7. The van der Waals surface area contributed by atoms with Crippen LogP contribution in [-0.4, -0.2) is 40.5 Å². The predicted molar refractivity (Wildman–Crippen MR) is 102 cm³/mol. The molecule has 1 atom stereocenters. The molecule has 3 heterocycles. The first kappa shape index (κ1) is 17.5. The van der Waals surface area contributed by atoms with E-state index >= 15 is 0 Å². The number of pyridine rings is 1. The quantitative estimate of drug-likeness (QED) is 0.656. The van der Waals surface area contributed by atoms with Crippen molar-refractivity contribution in [3.63, 3.8) is 0 Å². The number of halogens is 1. The molecule has 0 radical (unpaired) electrons. The van der Waals surface area contributed by atoms with E-state index in [1.54, 1.807) is 4.68 Å². The van der Waals surface area contributed by atoms with Gasteiger partial charge in [-0.25, -0.2) is 9.37 Å². The Balaban J connectivity index is 1.29. The average molecular weight is 367 g/mol. The van der Waals surface area contributed by atoms with E-state index in [4.69, 9.17) is 4.74 Å². The SMILES string of the molecule is Cn1cc(-c2cnc3c(c2)NCC(CNCCc2ccc(F)cc2)O3)cn1. The molecule has 0 fully saturated rings. The van der Waals surface area contributed by atoms with Gasteiger partial charge in [-0.05, 0) is 36.7 Å². The molecule has 1 unspecified atom stereocenters. The van der Waals surface area contributed by atoms with Crippen molar-refractivity contribution in [3.8, 4) is 17.0 Å². The summed E-state index contributed by atoms with van der Waals surface area (Å²) in [4.78, 5) is 4.45. The topological polar surface area (TPSA) is 64.0 Å². The van der Waals surface area contributed by atoms with Crippen LogP contribution < -0.4 is 15.4 Å². The van der Waals surface area contributed by atoms with Crippen LogP contribution in [0.4, 0.5) is 10.1 Å². The monoisotopic (exact) mass is 367 g/mol. The van der Waals surface area contributed by atoms with Gasteiger partial charge in [0.15, 0.2) is 0 Å². The van der Waals surface area contributed by atoms with Crippen molar-refractivity contribution in [2.75, 3.05) is 25.0 Å². The lowest BCUT2D eigenvalue weighted by Crippen LogP contribution is -2.40. The molecule has 0 spiro atoms. The second-order valence-electron chi connectivity index (χ2n) is 6.68. The van der Waals surface area contributed by atoms with Gasteiger partial charge in [0.1, 0.15) is 11.9 Å². The molecule has 7 heteroatoms. The Morgan fingerprint density at radius 2 is 2.11 bits per heavy atom. The van der Waals surface area contributed by atoms with E-state index < -0.39 is 0 Å². The molecule has 0 saturated carbocycles. The molecule has 3 aromatic rings. The van der Waals surface area contributed by atoms with Crippen LogP contribution in [-0.2, 0) is 13.5 Å².